The van der Waals surface area contributed by atoms with Crippen molar-refractivity contribution in [2.45, 2.75) is 167 Å². The Bertz CT molecular complexity index is 1650. The van der Waals surface area contributed by atoms with Gasteiger partial charge in [-0.1, -0.05) is 38.5 Å². The number of benzene rings is 3. The first-order chi connectivity index (χ1) is 31.8. The fourth-order valence-electron chi connectivity index (χ4n) is 12.5. The molecule has 6 fully saturated rings. The predicted molar refractivity (Wildman–Crippen MR) is 265 cm³/mol. The van der Waals surface area contributed by atoms with Crippen LogP contribution in [0.1, 0.15) is 173 Å². The number of aromatic hydroxyl groups is 3. The van der Waals surface area contributed by atoms with Crippen LogP contribution in [-0.4, -0.2) is 123 Å². The van der Waals surface area contributed by atoms with Crippen LogP contribution in [0.5, 0.6) is 17.2 Å². The van der Waals surface area contributed by atoms with Gasteiger partial charge in [0.05, 0.1) is 0 Å². The van der Waals surface area contributed by atoms with E-state index < -0.39 is 5.41 Å². The predicted octanol–water partition coefficient (Wildman–Crippen LogP) is 10.1. The van der Waals surface area contributed by atoms with Gasteiger partial charge < -0.3 is 15.3 Å². The van der Waals surface area contributed by atoms with E-state index in [9.17, 15) is 15.3 Å². The zero-order valence-electron chi connectivity index (χ0n) is 40.4. The molecule has 0 atom stereocenters. The smallest absolute Gasteiger partial charge is 0.124 e. The van der Waals surface area contributed by atoms with Crippen LogP contribution < -0.4 is 0 Å². The summed E-state index contributed by atoms with van der Waals surface area (Å²) >= 11 is 0. The maximum Gasteiger partial charge on any atom is 0.124 e. The highest BCUT2D eigenvalue weighted by atomic mass is 16.3. The van der Waals surface area contributed by atoms with Gasteiger partial charge >= 0.3 is 0 Å². The molecule has 6 aliphatic heterocycles. The third-order valence-corrected chi connectivity index (χ3v) is 16.6. The van der Waals surface area contributed by atoms with Crippen molar-refractivity contribution in [2.24, 2.45) is 0 Å². The quantitative estimate of drug-likeness (QED) is 0.129. The summed E-state index contributed by atoms with van der Waals surface area (Å²) in [5.74, 6) is 1.41. The van der Waals surface area contributed by atoms with Gasteiger partial charge in [0.15, 0.2) is 0 Å². The van der Waals surface area contributed by atoms with Crippen LogP contribution in [0.25, 0.3) is 0 Å². The zero-order chi connectivity index (χ0) is 44.6. The first-order valence-corrected chi connectivity index (χ1v) is 26.7. The van der Waals surface area contributed by atoms with E-state index in [1.54, 1.807) is 0 Å². The van der Waals surface area contributed by atoms with E-state index in [4.69, 9.17) is 0 Å². The van der Waals surface area contributed by atoms with Gasteiger partial charge in [0.1, 0.15) is 17.2 Å². The summed E-state index contributed by atoms with van der Waals surface area (Å²) in [7, 11) is 0. The lowest BCUT2D eigenvalue weighted by Gasteiger charge is -2.37. The third kappa shape index (κ3) is 11.6. The molecular formula is C56H84N6O3. The number of piperidine rings is 6. The zero-order valence-corrected chi connectivity index (χ0v) is 40.4. The number of hydrogen-bond donors (Lipinski definition) is 3. The lowest BCUT2D eigenvalue weighted by molar-refractivity contribution is 0.212. The summed E-state index contributed by atoms with van der Waals surface area (Å²) in [5.41, 5.74) is 9.13. The molecule has 0 aromatic heterocycles. The van der Waals surface area contributed by atoms with Gasteiger partial charge in [0.2, 0.25) is 0 Å². The van der Waals surface area contributed by atoms with Crippen molar-refractivity contribution >= 4 is 0 Å². The van der Waals surface area contributed by atoms with E-state index >= 15 is 0 Å². The van der Waals surface area contributed by atoms with Gasteiger partial charge in [-0.05, 0) is 216 Å². The van der Waals surface area contributed by atoms with E-state index in [-0.39, 0.29) is 0 Å². The molecule has 0 saturated carbocycles. The van der Waals surface area contributed by atoms with Gasteiger partial charge in [-0.25, -0.2) is 0 Å². The topological polar surface area (TPSA) is 80.1 Å². The molecule has 0 bridgehead atoms. The van der Waals surface area contributed by atoms with Crippen LogP contribution in [0, 0.1) is 0 Å². The van der Waals surface area contributed by atoms with Crippen molar-refractivity contribution in [1.29, 1.82) is 0 Å². The summed E-state index contributed by atoms with van der Waals surface area (Å²) < 4.78 is 0. The number of rotatable bonds is 15. The average Bonchev–Trinajstić information content (AvgIpc) is 3.34. The van der Waals surface area contributed by atoms with Crippen molar-refractivity contribution in [3.63, 3.8) is 0 Å². The summed E-state index contributed by atoms with van der Waals surface area (Å²) in [6.07, 6.45) is 22.2. The van der Waals surface area contributed by atoms with Crippen molar-refractivity contribution in [3.05, 3.63) is 86.5 Å². The Morgan fingerprint density at radius 1 is 0.292 bits per heavy atom. The molecule has 3 aromatic rings. The Balaban J connectivity index is 1.25. The molecule has 9 heteroatoms. The maximum absolute atomic E-state index is 12.4. The van der Waals surface area contributed by atoms with Crippen molar-refractivity contribution in [3.8, 4) is 17.2 Å². The third-order valence-electron chi connectivity index (χ3n) is 16.6. The standard InChI is InChI=1S/C56H84N6O3/c1-56(50-32-44(38-57-20-8-2-9-21-57)53(63)45(33-50)39-58-22-10-3-11-23-58,51-34-46(40-59-24-12-4-13-25-59)54(64)47(35-51)41-60-26-14-5-15-27-60)52-36-48(42-61-28-16-6-17-29-61)55(65)49(37-52)43-62-30-18-7-19-31-62/h32-37,63-65H,2-31,38-43H2,1H3. The highest BCUT2D eigenvalue weighted by Crippen LogP contribution is 2.47. The first kappa shape index (κ1) is 46.9. The SMILES string of the molecule is CC(c1cc(CN2CCCCC2)c(O)c(CN2CCCCC2)c1)(c1cc(CN2CCCCC2)c(O)c(CN2CCCCC2)c1)c1cc(CN2CCCCC2)c(O)c(CN2CCCCC2)c1. The molecule has 0 unspecified atom stereocenters. The van der Waals surface area contributed by atoms with Crippen LogP contribution in [0.2, 0.25) is 0 Å². The van der Waals surface area contributed by atoms with Crippen molar-refractivity contribution < 1.29 is 15.3 Å². The molecule has 0 aliphatic carbocycles. The van der Waals surface area contributed by atoms with Gasteiger partial charge in [-0.3, -0.25) is 29.4 Å². The number of nitrogens with zero attached hydrogens (tertiary/aromatic N) is 6. The Morgan fingerprint density at radius 2 is 0.446 bits per heavy atom. The summed E-state index contributed by atoms with van der Waals surface area (Å²) in [5, 5.41) is 37.3. The lowest BCUT2D eigenvalue weighted by Crippen LogP contribution is -2.33. The monoisotopic (exact) mass is 889 g/mol. The highest BCUT2D eigenvalue weighted by molar-refractivity contribution is 5.60. The summed E-state index contributed by atoms with van der Waals surface area (Å²) in [6, 6.07) is 14.2. The summed E-state index contributed by atoms with van der Waals surface area (Å²) in [4.78, 5) is 15.4. The minimum atomic E-state index is -0.664. The number of phenols is 3. The molecule has 0 spiro atoms. The second kappa shape index (κ2) is 22.3. The number of phenolic OH excluding ortho intramolecular Hbond substituents is 3. The molecule has 356 valence electrons. The van der Waals surface area contributed by atoms with Gasteiger partial charge in [0.25, 0.3) is 0 Å². The Morgan fingerprint density at radius 3 is 0.600 bits per heavy atom. The molecule has 0 radical (unpaired) electrons. The van der Waals surface area contributed by atoms with E-state index in [2.05, 4.69) is 72.7 Å². The molecule has 6 heterocycles. The molecule has 65 heavy (non-hydrogen) atoms. The van der Waals surface area contributed by atoms with Gasteiger partial charge in [-0.2, -0.15) is 0 Å². The van der Waals surface area contributed by atoms with E-state index in [0.717, 1.165) is 151 Å². The Kier molecular flexibility index (Phi) is 16.1. The van der Waals surface area contributed by atoms with Gasteiger partial charge in [0, 0.05) is 78.1 Å². The van der Waals surface area contributed by atoms with Crippen molar-refractivity contribution in [1.82, 2.24) is 29.4 Å². The fourth-order valence-corrected chi connectivity index (χ4v) is 12.5. The first-order valence-electron chi connectivity index (χ1n) is 26.7. The van der Waals surface area contributed by atoms with E-state index in [1.807, 2.05) is 0 Å². The molecule has 3 N–H and O–H groups in total. The van der Waals surface area contributed by atoms with Crippen molar-refractivity contribution in [2.75, 3.05) is 78.5 Å². The number of likely N-dealkylation sites (tertiary alicyclic amines) is 6. The average molecular weight is 889 g/mol. The molecular weight excluding hydrogens is 805 g/mol. The minimum Gasteiger partial charge on any atom is -0.507 e. The Labute approximate surface area is 392 Å². The highest BCUT2D eigenvalue weighted by Gasteiger charge is 2.37. The minimum absolute atomic E-state index is 0.469. The van der Waals surface area contributed by atoms with E-state index in [1.165, 1.54) is 132 Å². The molecule has 6 aliphatic rings. The molecule has 3 aromatic carbocycles. The second-order valence-electron chi connectivity index (χ2n) is 21.6. The van der Waals surface area contributed by atoms with Crippen LogP contribution in [0.3, 0.4) is 0 Å². The molecule has 6 saturated heterocycles. The van der Waals surface area contributed by atoms with Crippen LogP contribution in [0.4, 0.5) is 0 Å². The van der Waals surface area contributed by atoms with Crippen LogP contribution in [0.15, 0.2) is 36.4 Å². The fraction of sp³-hybridized carbons (Fsp3) is 0.679. The Hall–Kier alpha value is -3.18. The normalized spacial score (nSPS) is 22.1. The number of hydrogen-bond acceptors (Lipinski definition) is 9. The maximum atomic E-state index is 12.4. The van der Waals surface area contributed by atoms with E-state index in [0.29, 0.717) is 17.2 Å². The van der Waals surface area contributed by atoms with Crippen LogP contribution in [-0.2, 0) is 44.7 Å². The second-order valence-corrected chi connectivity index (χ2v) is 21.6. The molecule has 0 amide bonds. The largest absolute Gasteiger partial charge is 0.507 e. The summed E-state index contributed by atoms with van der Waals surface area (Å²) in [6.45, 7) is 19.7. The van der Waals surface area contributed by atoms with Gasteiger partial charge in [-0.15, -0.1) is 0 Å². The lowest BCUT2D eigenvalue weighted by atomic mass is 9.68. The molecule has 9 rings (SSSR count). The molecule has 9 nitrogen and oxygen atoms in total. The van der Waals surface area contributed by atoms with Crippen LogP contribution >= 0.6 is 0 Å².